The van der Waals surface area contributed by atoms with E-state index >= 15 is 0 Å². The van der Waals surface area contributed by atoms with E-state index in [1.54, 1.807) is 10.9 Å². The van der Waals surface area contributed by atoms with Crippen LogP contribution in [0.4, 0.5) is 0 Å². The zero-order valence-corrected chi connectivity index (χ0v) is 15.3. The summed E-state index contributed by atoms with van der Waals surface area (Å²) < 4.78 is 9.91. The molecule has 0 aromatic carbocycles. The van der Waals surface area contributed by atoms with Gasteiger partial charge in [0.2, 0.25) is 5.88 Å². The molecule has 134 valence electrons. The molecule has 3 aromatic rings. The lowest BCUT2D eigenvalue weighted by Gasteiger charge is -2.17. The smallest absolute Gasteiger partial charge is 0.240 e. The fourth-order valence-corrected chi connectivity index (χ4v) is 3.23. The number of halogens is 1. The van der Waals surface area contributed by atoms with Crippen LogP contribution in [0, 0.1) is 6.92 Å². The lowest BCUT2D eigenvalue weighted by molar-refractivity contribution is 0.182. The van der Waals surface area contributed by atoms with Gasteiger partial charge >= 0.3 is 0 Å². The summed E-state index contributed by atoms with van der Waals surface area (Å²) in [6, 6.07) is 1.94. The van der Waals surface area contributed by atoms with Gasteiger partial charge in [-0.1, -0.05) is 0 Å². The molecule has 1 aliphatic heterocycles. The van der Waals surface area contributed by atoms with E-state index in [1.165, 1.54) is 0 Å². The highest BCUT2D eigenvalue weighted by atomic mass is 35.5. The van der Waals surface area contributed by atoms with Crippen molar-refractivity contribution >= 4 is 17.9 Å². The Balaban J connectivity index is 0.00000182. The van der Waals surface area contributed by atoms with Crippen LogP contribution in [0.15, 0.2) is 24.7 Å². The van der Waals surface area contributed by atoms with Crippen LogP contribution in [-0.2, 0) is 7.05 Å². The maximum atomic E-state index is 6.28. The quantitative estimate of drug-likeness (QED) is 0.774. The largest absolute Gasteiger partial charge is 0.473 e. The number of rotatable bonds is 3. The molecule has 25 heavy (non-hydrogen) atoms. The first-order valence-corrected chi connectivity index (χ1v) is 8.43. The number of hydrogen-bond donors (Lipinski definition) is 1. The molecule has 7 nitrogen and oxygen atoms in total. The van der Waals surface area contributed by atoms with E-state index < -0.39 is 0 Å². The molecule has 3 aromatic heterocycles. The van der Waals surface area contributed by atoms with E-state index in [9.17, 15) is 0 Å². The molecule has 1 atom stereocenters. The van der Waals surface area contributed by atoms with Gasteiger partial charge in [-0.25, -0.2) is 9.50 Å². The van der Waals surface area contributed by atoms with E-state index in [4.69, 9.17) is 9.72 Å². The molecule has 8 heteroatoms. The molecular weight excluding hydrogens is 340 g/mol. The molecule has 0 spiro atoms. The van der Waals surface area contributed by atoms with Crippen LogP contribution >= 0.6 is 12.4 Å². The van der Waals surface area contributed by atoms with Gasteiger partial charge in [-0.15, -0.1) is 12.4 Å². The maximum absolute atomic E-state index is 6.28. The number of ether oxygens (including phenoxy) is 1. The van der Waals surface area contributed by atoms with Crippen molar-refractivity contribution in [3.8, 4) is 17.1 Å². The molecule has 1 unspecified atom stereocenters. The first-order valence-electron chi connectivity index (χ1n) is 8.43. The first kappa shape index (κ1) is 17.7. The number of nitrogens with one attached hydrogen (secondary N) is 1. The second kappa shape index (κ2) is 7.41. The first-order chi connectivity index (χ1) is 11.7. The minimum Gasteiger partial charge on any atom is -0.473 e. The molecule has 1 aliphatic rings. The Hall–Kier alpha value is -2.12. The number of nitrogens with zero attached hydrogens (tertiary/aromatic N) is 5. The van der Waals surface area contributed by atoms with Crippen molar-refractivity contribution in [1.82, 2.24) is 29.7 Å². The van der Waals surface area contributed by atoms with E-state index in [0.717, 1.165) is 54.8 Å². The van der Waals surface area contributed by atoms with E-state index in [2.05, 4.69) is 15.5 Å². The Morgan fingerprint density at radius 3 is 2.92 bits per heavy atom. The van der Waals surface area contributed by atoms with Crippen molar-refractivity contribution in [1.29, 1.82) is 0 Å². The molecule has 1 fully saturated rings. The third kappa shape index (κ3) is 3.62. The van der Waals surface area contributed by atoms with E-state index in [-0.39, 0.29) is 18.5 Å². The van der Waals surface area contributed by atoms with Crippen molar-refractivity contribution in [2.24, 2.45) is 7.05 Å². The van der Waals surface area contributed by atoms with Gasteiger partial charge < -0.3 is 10.1 Å². The van der Waals surface area contributed by atoms with Crippen molar-refractivity contribution in [3.63, 3.8) is 0 Å². The lowest BCUT2D eigenvalue weighted by Crippen LogP contribution is -2.20. The molecular formula is C17H23ClN6O. The third-order valence-electron chi connectivity index (χ3n) is 4.45. The second-order valence-corrected chi connectivity index (χ2v) is 6.31. The summed E-state index contributed by atoms with van der Waals surface area (Å²) in [5.41, 5.74) is 3.68. The summed E-state index contributed by atoms with van der Waals surface area (Å²) >= 11 is 0. The zero-order chi connectivity index (χ0) is 16.5. The van der Waals surface area contributed by atoms with Gasteiger partial charge in [-0.05, 0) is 45.3 Å². The summed E-state index contributed by atoms with van der Waals surface area (Å²) in [5.74, 6) is 0.653. The molecule has 0 bridgehead atoms. The van der Waals surface area contributed by atoms with Gasteiger partial charge in [0.05, 0.1) is 23.8 Å². The van der Waals surface area contributed by atoms with Crippen LogP contribution < -0.4 is 10.1 Å². The molecule has 0 saturated carbocycles. The summed E-state index contributed by atoms with van der Waals surface area (Å²) in [4.78, 5) is 4.79. The fraction of sp³-hybridized carbons (Fsp3) is 0.471. The van der Waals surface area contributed by atoms with Crippen molar-refractivity contribution in [2.45, 2.75) is 32.3 Å². The normalized spacial score (nSPS) is 17.9. The van der Waals surface area contributed by atoms with Crippen molar-refractivity contribution in [2.75, 3.05) is 13.1 Å². The summed E-state index contributed by atoms with van der Waals surface area (Å²) in [6.45, 7) is 4.04. The monoisotopic (exact) mass is 362 g/mol. The van der Waals surface area contributed by atoms with Crippen LogP contribution in [0.3, 0.4) is 0 Å². The molecule has 1 N–H and O–H groups in total. The number of aryl methyl sites for hydroxylation is 2. The van der Waals surface area contributed by atoms with Crippen LogP contribution in [-0.4, -0.2) is 43.6 Å². The lowest BCUT2D eigenvalue weighted by atomic mass is 10.1. The Morgan fingerprint density at radius 1 is 1.24 bits per heavy atom. The zero-order valence-electron chi connectivity index (χ0n) is 14.5. The number of aromatic nitrogens is 5. The predicted molar refractivity (Wildman–Crippen MR) is 98.3 cm³/mol. The SMILES string of the molecule is Cc1nn(C)cc1-c1cn2nccc2c(OC2CCCNCC2)n1.Cl. The Morgan fingerprint density at radius 2 is 2.12 bits per heavy atom. The molecule has 0 aliphatic carbocycles. The number of hydrogen-bond acceptors (Lipinski definition) is 5. The predicted octanol–water partition coefficient (Wildman–Crippen LogP) is 2.38. The topological polar surface area (TPSA) is 69.3 Å². The van der Waals surface area contributed by atoms with Gasteiger partial charge in [-0.3, -0.25) is 4.68 Å². The average molecular weight is 363 g/mol. The molecule has 4 rings (SSSR count). The molecule has 0 radical (unpaired) electrons. The van der Waals surface area contributed by atoms with Crippen LogP contribution in [0.2, 0.25) is 0 Å². The number of fused-ring (bicyclic) bond motifs is 1. The summed E-state index contributed by atoms with van der Waals surface area (Å²) in [7, 11) is 1.92. The highest BCUT2D eigenvalue weighted by Gasteiger charge is 2.18. The van der Waals surface area contributed by atoms with E-state index in [1.807, 2.05) is 36.9 Å². The Labute approximate surface area is 152 Å². The van der Waals surface area contributed by atoms with Gasteiger partial charge in [0.25, 0.3) is 0 Å². The van der Waals surface area contributed by atoms with Gasteiger partial charge in [-0.2, -0.15) is 10.2 Å². The van der Waals surface area contributed by atoms with E-state index in [0.29, 0.717) is 5.88 Å². The highest BCUT2D eigenvalue weighted by Crippen LogP contribution is 2.27. The second-order valence-electron chi connectivity index (χ2n) is 6.31. The van der Waals surface area contributed by atoms with Crippen molar-refractivity contribution in [3.05, 3.63) is 30.4 Å². The summed E-state index contributed by atoms with van der Waals surface area (Å²) in [6.07, 6.45) is 9.05. The molecule has 1 saturated heterocycles. The average Bonchev–Trinajstić information content (AvgIpc) is 3.07. The van der Waals surface area contributed by atoms with Crippen molar-refractivity contribution < 1.29 is 4.74 Å². The molecule has 4 heterocycles. The van der Waals surface area contributed by atoms with Crippen LogP contribution in [0.25, 0.3) is 16.8 Å². The fourth-order valence-electron chi connectivity index (χ4n) is 3.23. The minimum atomic E-state index is 0. The van der Waals surface area contributed by atoms with Gasteiger partial charge in [0.1, 0.15) is 11.6 Å². The molecule has 0 amide bonds. The standard InChI is InChI=1S/C17H22N6O.ClH/c1-12-14(10-22(2)21-12)15-11-23-16(6-9-19-23)17(20-15)24-13-4-3-7-18-8-5-13;/h6,9-11,13,18H,3-5,7-8H2,1-2H3;1H. The van der Waals surface area contributed by atoms with Crippen LogP contribution in [0.1, 0.15) is 25.0 Å². The van der Waals surface area contributed by atoms with Gasteiger partial charge in [0, 0.05) is 18.8 Å². The minimum absolute atomic E-state index is 0. The summed E-state index contributed by atoms with van der Waals surface area (Å²) in [5, 5.41) is 12.2. The Kier molecular flexibility index (Phi) is 5.24. The maximum Gasteiger partial charge on any atom is 0.240 e. The van der Waals surface area contributed by atoms with Gasteiger partial charge in [0.15, 0.2) is 0 Å². The van der Waals surface area contributed by atoms with Crippen LogP contribution in [0.5, 0.6) is 5.88 Å². The Bertz CT molecular complexity index is 850. The highest BCUT2D eigenvalue weighted by molar-refractivity contribution is 5.85. The third-order valence-corrected chi connectivity index (χ3v) is 4.45.